The number of ether oxygens (including phenoxy) is 1. The van der Waals surface area contributed by atoms with Gasteiger partial charge in [0.05, 0.1) is 6.33 Å². The molecule has 0 heterocycles. The highest BCUT2D eigenvalue weighted by atomic mass is 19.1. The molecule has 0 radical (unpaired) electrons. The lowest BCUT2D eigenvalue weighted by Crippen LogP contribution is -2.34. The summed E-state index contributed by atoms with van der Waals surface area (Å²) in [7, 11) is 0. The highest BCUT2D eigenvalue weighted by Crippen LogP contribution is 2.48. The molecule has 0 aromatic heterocycles. The van der Waals surface area contributed by atoms with Crippen molar-refractivity contribution in [3.8, 4) is 5.75 Å². The SMILES string of the molecule is C=CCOc1ccc2c(c1)CCC(C1CCC3CC(/C=C/F)CCC3C1)C2. The van der Waals surface area contributed by atoms with Crippen LogP contribution in [0.15, 0.2) is 43.3 Å². The van der Waals surface area contributed by atoms with Gasteiger partial charge in [0.15, 0.2) is 0 Å². The lowest BCUT2D eigenvalue weighted by atomic mass is 9.61. The van der Waals surface area contributed by atoms with E-state index in [0.29, 0.717) is 12.5 Å². The van der Waals surface area contributed by atoms with Crippen LogP contribution in [-0.4, -0.2) is 6.61 Å². The number of fused-ring (bicyclic) bond motifs is 2. The molecule has 2 saturated carbocycles. The van der Waals surface area contributed by atoms with Crippen molar-refractivity contribution >= 4 is 0 Å². The van der Waals surface area contributed by atoms with E-state index in [1.807, 2.05) is 0 Å². The molecule has 0 N–H and O–H groups in total. The third kappa shape index (κ3) is 4.31. The van der Waals surface area contributed by atoms with E-state index in [0.717, 1.165) is 35.8 Å². The quantitative estimate of drug-likeness (QED) is 0.527. The summed E-state index contributed by atoms with van der Waals surface area (Å²) in [6.45, 7) is 4.30. The molecule has 4 rings (SSSR count). The summed E-state index contributed by atoms with van der Waals surface area (Å²) in [6.07, 6.45) is 16.0. The molecule has 2 heteroatoms. The van der Waals surface area contributed by atoms with Gasteiger partial charge in [0.1, 0.15) is 12.4 Å². The fraction of sp³-hybridized carbons (Fsp3) is 0.600. The van der Waals surface area contributed by atoms with E-state index in [2.05, 4.69) is 24.8 Å². The molecule has 0 saturated heterocycles. The van der Waals surface area contributed by atoms with Crippen LogP contribution < -0.4 is 4.74 Å². The Hall–Kier alpha value is -1.57. The predicted octanol–water partition coefficient (Wildman–Crippen LogP) is 6.67. The van der Waals surface area contributed by atoms with Gasteiger partial charge in [-0.25, -0.2) is 4.39 Å². The van der Waals surface area contributed by atoms with Gasteiger partial charge in [-0.3, -0.25) is 0 Å². The maximum absolute atomic E-state index is 12.5. The van der Waals surface area contributed by atoms with E-state index in [-0.39, 0.29) is 0 Å². The summed E-state index contributed by atoms with van der Waals surface area (Å²) < 4.78 is 18.2. The third-order valence-electron chi connectivity index (χ3n) is 7.52. The van der Waals surface area contributed by atoms with E-state index in [1.54, 1.807) is 12.2 Å². The van der Waals surface area contributed by atoms with Crippen LogP contribution in [0.2, 0.25) is 0 Å². The van der Waals surface area contributed by atoms with Gasteiger partial charge in [0.25, 0.3) is 0 Å². The average Bonchev–Trinajstić information content (AvgIpc) is 2.71. The van der Waals surface area contributed by atoms with Crippen molar-refractivity contribution in [1.29, 1.82) is 0 Å². The van der Waals surface area contributed by atoms with Crippen molar-refractivity contribution in [3.05, 3.63) is 54.4 Å². The van der Waals surface area contributed by atoms with Gasteiger partial charge >= 0.3 is 0 Å². The summed E-state index contributed by atoms with van der Waals surface area (Å²) in [5, 5.41) is 0. The molecule has 146 valence electrons. The maximum Gasteiger partial charge on any atom is 0.120 e. The zero-order chi connectivity index (χ0) is 18.6. The molecule has 5 unspecified atom stereocenters. The van der Waals surface area contributed by atoms with E-state index in [1.165, 1.54) is 68.9 Å². The van der Waals surface area contributed by atoms with Crippen LogP contribution in [0.5, 0.6) is 5.75 Å². The van der Waals surface area contributed by atoms with Crippen LogP contribution in [0.25, 0.3) is 0 Å². The van der Waals surface area contributed by atoms with Gasteiger partial charge < -0.3 is 4.74 Å². The monoisotopic (exact) mass is 368 g/mol. The number of halogens is 1. The number of hydrogen-bond donors (Lipinski definition) is 0. The zero-order valence-corrected chi connectivity index (χ0v) is 16.4. The summed E-state index contributed by atoms with van der Waals surface area (Å²) in [4.78, 5) is 0. The second kappa shape index (κ2) is 8.63. The van der Waals surface area contributed by atoms with Crippen molar-refractivity contribution in [2.45, 2.75) is 57.8 Å². The van der Waals surface area contributed by atoms with Crippen molar-refractivity contribution in [2.24, 2.45) is 29.6 Å². The highest BCUT2D eigenvalue weighted by molar-refractivity contribution is 5.37. The molecule has 2 fully saturated rings. The molecule has 1 nitrogen and oxygen atoms in total. The van der Waals surface area contributed by atoms with Gasteiger partial charge in [0, 0.05) is 0 Å². The Kier molecular flexibility index (Phi) is 6.00. The van der Waals surface area contributed by atoms with Gasteiger partial charge in [0.2, 0.25) is 0 Å². The van der Waals surface area contributed by atoms with Crippen molar-refractivity contribution < 1.29 is 9.13 Å². The van der Waals surface area contributed by atoms with Crippen molar-refractivity contribution in [2.75, 3.05) is 6.61 Å². The highest BCUT2D eigenvalue weighted by Gasteiger charge is 2.38. The lowest BCUT2D eigenvalue weighted by molar-refractivity contribution is 0.0809. The van der Waals surface area contributed by atoms with Gasteiger partial charge in [-0.1, -0.05) is 24.8 Å². The first kappa shape index (κ1) is 18.8. The first-order valence-electron chi connectivity index (χ1n) is 10.9. The summed E-state index contributed by atoms with van der Waals surface area (Å²) in [6, 6.07) is 6.66. The maximum atomic E-state index is 12.5. The molecule has 0 bridgehead atoms. The number of benzene rings is 1. The largest absolute Gasteiger partial charge is 0.490 e. The Labute approximate surface area is 163 Å². The molecule has 0 spiro atoms. The minimum absolute atomic E-state index is 0.492. The Balaban J connectivity index is 1.35. The number of aryl methyl sites for hydroxylation is 1. The molecule has 1 aromatic carbocycles. The van der Waals surface area contributed by atoms with Crippen LogP contribution in [-0.2, 0) is 12.8 Å². The first-order chi connectivity index (χ1) is 13.3. The first-order valence-corrected chi connectivity index (χ1v) is 10.9. The summed E-state index contributed by atoms with van der Waals surface area (Å²) >= 11 is 0. The van der Waals surface area contributed by atoms with E-state index in [4.69, 9.17) is 4.74 Å². The average molecular weight is 369 g/mol. The van der Waals surface area contributed by atoms with Gasteiger partial charge in [-0.15, -0.1) is 0 Å². The van der Waals surface area contributed by atoms with Crippen LogP contribution in [0.3, 0.4) is 0 Å². The van der Waals surface area contributed by atoms with E-state index < -0.39 is 0 Å². The lowest BCUT2D eigenvalue weighted by Gasteiger charge is -2.44. The Morgan fingerprint density at radius 3 is 2.56 bits per heavy atom. The van der Waals surface area contributed by atoms with Crippen molar-refractivity contribution in [1.82, 2.24) is 0 Å². The molecule has 0 amide bonds. The minimum Gasteiger partial charge on any atom is -0.490 e. The topological polar surface area (TPSA) is 9.23 Å². The Morgan fingerprint density at radius 2 is 1.74 bits per heavy atom. The van der Waals surface area contributed by atoms with Gasteiger partial charge in [-0.05, 0) is 111 Å². The second-order valence-electron chi connectivity index (χ2n) is 9.02. The zero-order valence-electron chi connectivity index (χ0n) is 16.4. The van der Waals surface area contributed by atoms with E-state index >= 15 is 0 Å². The minimum atomic E-state index is 0.492. The fourth-order valence-corrected chi connectivity index (χ4v) is 6.07. The Bertz CT molecular complexity index is 679. The third-order valence-corrected chi connectivity index (χ3v) is 7.52. The van der Waals surface area contributed by atoms with Crippen LogP contribution in [0.4, 0.5) is 4.39 Å². The Morgan fingerprint density at radius 1 is 0.963 bits per heavy atom. The summed E-state index contributed by atoms with van der Waals surface area (Å²) in [5.41, 5.74) is 3.02. The molecule has 1 aromatic rings. The van der Waals surface area contributed by atoms with Crippen LogP contribution in [0.1, 0.15) is 56.1 Å². The second-order valence-corrected chi connectivity index (χ2v) is 9.02. The fourth-order valence-electron chi connectivity index (χ4n) is 6.07. The standard InChI is InChI=1S/C25H33FO/c1-2-13-27-25-10-9-23-16-22(7-8-24(23)17-25)21-6-5-19-14-18(11-12-26)3-4-20(19)15-21/h2,9-12,17-22H,1,3-8,13-16H2/b12-11+. The normalized spacial score (nSPS) is 33.3. The van der Waals surface area contributed by atoms with E-state index in [9.17, 15) is 4.39 Å². The molecular formula is C25H33FO. The molecule has 27 heavy (non-hydrogen) atoms. The molecule has 5 atom stereocenters. The number of rotatable bonds is 5. The van der Waals surface area contributed by atoms with Gasteiger partial charge in [-0.2, -0.15) is 0 Å². The number of allylic oxidation sites excluding steroid dienone is 1. The van der Waals surface area contributed by atoms with Crippen molar-refractivity contribution in [3.63, 3.8) is 0 Å². The summed E-state index contributed by atoms with van der Waals surface area (Å²) in [5.74, 6) is 4.95. The molecular weight excluding hydrogens is 335 g/mol. The number of hydrogen-bond acceptors (Lipinski definition) is 1. The molecule has 0 aliphatic heterocycles. The smallest absolute Gasteiger partial charge is 0.120 e. The van der Waals surface area contributed by atoms with Crippen LogP contribution >= 0.6 is 0 Å². The predicted molar refractivity (Wildman–Crippen MR) is 110 cm³/mol. The molecule has 3 aliphatic carbocycles. The van der Waals surface area contributed by atoms with Crippen LogP contribution in [0, 0.1) is 29.6 Å². The molecule has 3 aliphatic rings.